The number of halogens is 1. The number of nitrogen functional groups attached to an aromatic ring is 1. The molecule has 2 aromatic heterocycles. The summed E-state index contributed by atoms with van der Waals surface area (Å²) in [6, 6.07) is 0. The van der Waals surface area contributed by atoms with E-state index in [0.29, 0.717) is 23.3 Å². The van der Waals surface area contributed by atoms with Gasteiger partial charge in [-0.15, -0.1) is 0 Å². The zero-order valence-electron chi connectivity index (χ0n) is 12.4. The van der Waals surface area contributed by atoms with Gasteiger partial charge in [-0.25, -0.2) is 9.97 Å². The summed E-state index contributed by atoms with van der Waals surface area (Å²) < 4.78 is 7.74. The second kappa shape index (κ2) is 6.50. The Labute approximate surface area is 133 Å². The third-order valence-corrected chi connectivity index (χ3v) is 4.22. The Hall–Kier alpha value is -1.86. The molecule has 0 saturated carbocycles. The van der Waals surface area contributed by atoms with E-state index in [-0.39, 0.29) is 11.9 Å². The minimum Gasteiger partial charge on any atom is -0.382 e. The average molecular weight is 323 g/mol. The van der Waals surface area contributed by atoms with Gasteiger partial charge < -0.3 is 15.8 Å². The van der Waals surface area contributed by atoms with Crippen molar-refractivity contribution in [1.82, 2.24) is 19.7 Å². The molecule has 2 aromatic rings. The normalized spacial score (nSPS) is 21.7. The zero-order valence-corrected chi connectivity index (χ0v) is 13.1. The molecule has 0 amide bonds. The highest BCUT2D eigenvalue weighted by atomic mass is 35.5. The standard InChI is InChI=1S/C14H19ClN6O/c1-21-7-10(6-20-21)12-9(3-2-4-22-12)5-17-14-11(15)13(16)18-8-19-14/h6-9,12H,2-5H2,1H3,(H3,16,17,18,19)/t9-,12+/m0/s1. The van der Waals surface area contributed by atoms with Crippen molar-refractivity contribution in [2.75, 3.05) is 24.2 Å². The molecule has 8 heteroatoms. The number of nitrogens with zero attached hydrogens (tertiary/aromatic N) is 4. The summed E-state index contributed by atoms with van der Waals surface area (Å²) in [6.07, 6.45) is 7.41. The molecule has 1 aliphatic rings. The lowest BCUT2D eigenvalue weighted by Crippen LogP contribution is -2.28. The van der Waals surface area contributed by atoms with Crippen LogP contribution < -0.4 is 11.1 Å². The van der Waals surface area contributed by atoms with Gasteiger partial charge in [-0.3, -0.25) is 4.68 Å². The third-order valence-electron chi connectivity index (χ3n) is 3.85. The second-order valence-electron chi connectivity index (χ2n) is 5.44. The first kappa shape index (κ1) is 15.1. The molecular formula is C14H19ClN6O. The summed E-state index contributed by atoms with van der Waals surface area (Å²) >= 11 is 6.11. The molecule has 2 atom stereocenters. The topological polar surface area (TPSA) is 90.9 Å². The maximum Gasteiger partial charge on any atom is 0.150 e. The van der Waals surface area contributed by atoms with Crippen LogP contribution in [0.15, 0.2) is 18.7 Å². The van der Waals surface area contributed by atoms with E-state index in [4.69, 9.17) is 22.1 Å². The van der Waals surface area contributed by atoms with Gasteiger partial charge >= 0.3 is 0 Å². The molecule has 7 nitrogen and oxygen atoms in total. The molecule has 1 aliphatic heterocycles. The minimum atomic E-state index is 0.0351. The number of hydrogen-bond acceptors (Lipinski definition) is 6. The van der Waals surface area contributed by atoms with Crippen LogP contribution in [0.3, 0.4) is 0 Å². The first-order valence-electron chi connectivity index (χ1n) is 7.25. The molecule has 0 unspecified atom stereocenters. The van der Waals surface area contributed by atoms with E-state index in [1.807, 2.05) is 19.4 Å². The maximum absolute atomic E-state index is 6.11. The van der Waals surface area contributed by atoms with Crippen LogP contribution in [0.4, 0.5) is 11.6 Å². The Morgan fingerprint density at radius 2 is 2.36 bits per heavy atom. The zero-order chi connectivity index (χ0) is 15.5. The maximum atomic E-state index is 6.11. The van der Waals surface area contributed by atoms with Gasteiger partial charge in [-0.1, -0.05) is 11.6 Å². The molecule has 118 valence electrons. The average Bonchev–Trinajstić information content (AvgIpc) is 2.95. The van der Waals surface area contributed by atoms with Crippen LogP contribution in [0.2, 0.25) is 5.02 Å². The van der Waals surface area contributed by atoms with Crippen molar-refractivity contribution in [3.8, 4) is 0 Å². The van der Waals surface area contributed by atoms with Crippen molar-refractivity contribution >= 4 is 23.2 Å². The van der Waals surface area contributed by atoms with Gasteiger partial charge in [0.15, 0.2) is 0 Å². The Morgan fingerprint density at radius 1 is 1.50 bits per heavy atom. The molecule has 22 heavy (non-hydrogen) atoms. The van der Waals surface area contributed by atoms with Crippen molar-refractivity contribution in [2.45, 2.75) is 18.9 Å². The van der Waals surface area contributed by atoms with Crippen LogP contribution >= 0.6 is 11.6 Å². The van der Waals surface area contributed by atoms with Crippen molar-refractivity contribution in [1.29, 1.82) is 0 Å². The highest BCUT2D eigenvalue weighted by Crippen LogP contribution is 2.34. The summed E-state index contributed by atoms with van der Waals surface area (Å²) in [5.41, 5.74) is 6.79. The van der Waals surface area contributed by atoms with Crippen molar-refractivity contribution < 1.29 is 4.74 Å². The quantitative estimate of drug-likeness (QED) is 0.895. The van der Waals surface area contributed by atoms with Crippen molar-refractivity contribution in [2.24, 2.45) is 13.0 Å². The number of ether oxygens (including phenoxy) is 1. The van der Waals surface area contributed by atoms with E-state index >= 15 is 0 Å². The van der Waals surface area contributed by atoms with Crippen LogP contribution in [0.5, 0.6) is 0 Å². The Morgan fingerprint density at radius 3 is 3.14 bits per heavy atom. The first-order valence-corrected chi connectivity index (χ1v) is 7.63. The summed E-state index contributed by atoms with van der Waals surface area (Å²) in [7, 11) is 1.91. The fourth-order valence-electron chi connectivity index (χ4n) is 2.74. The Kier molecular flexibility index (Phi) is 4.44. The van der Waals surface area contributed by atoms with E-state index in [0.717, 1.165) is 25.0 Å². The predicted molar refractivity (Wildman–Crippen MR) is 84.6 cm³/mol. The number of hydrogen-bond donors (Lipinski definition) is 2. The lowest BCUT2D eigenvalue weighted by molar-refractivity contribution is -0.0239. The fraction of sp³-hybridized carbons (Fsp3) is 0.500. The number of aryl methyl sites for hydroxylation is 1. The van der Waals surface area contributed by atoms with E-state index in [2.05, 4.69) is 20.4 Å². The van der Waals surface area contributed by atoms with Gasteiger partial charge in [0.05, 0.1) is 12.3 Å². The number of aromatic nitrogens is 4. The van der Waals surface area contributed by atoms with Gasteiger partial charge in [-0.2, -0.15) is 5.10 Å². The van der Waals surface area contributed by atoms with E-state index < -0.39 is 0 Å². The molecule has 0 spiro atoms. The van der Waals surface area contributed by atoms with Gasteiger partial charge in [0.25, 0.3) is 0 Å². The predicted octanol–water partition coefficient (Wildman–Crippen LogP) is 2.03. The van der Waals surface area contributed by atoms with E-state index in [9.17, 15) is 0 Å². The lowest BCUT2D eigenvalue weighted by Gasteiger charge is -2.31. The lowest BCUT2D eigenvalue weighted by atomic mass is 9.91. The van der Waals surface area contributed by atoms with Crippen molar-refractivity contribution in [3.63, 3.8) is 0 Å². The summed E-state index contributed by atoms with van der Waals surface area (Å²) in [6.45, 7) is 1.48. The summed E-state index contributed by atoms with van der Waals surface area (Å²) in [4.78, 5) is 7.99. The fourth-order valence-corrected chi connectivity index (χ4v) is 2.91. The van der Waals surface area contributed by atoms with Gasteiger partial charge in [-0.05, 0) is 12.8 Å². The van der Waals surface area contributed by atoms with E-state index in [1.54, 1.807) is 4.68 Å². The number of anilines is 2. The molecule has 3 N–H and O–H groups in total. The molecule has 3 heterocycles. The first-order chi connectivity index (χ1) is 10.6. The molecule has 0 bridgehead atoms. The van der Waals surface area contributed by atoms with E-state index in [1.165, 1.54) is 6.33 Å². The van der Waals surface area contributed by atoms with Crippen LogP contribution in [0, 0.1) is 5.92 Å². The van der Waals surface area contributed by atoms with Crippen LogP contribution in [-0.4, -0.2) is 32.9 Å². The SMILES string of the molecule is Cn1cc([C@@H]2OCCC[C@H]2CNc2ncnc(N)c2Cl)cn1. The number of nitrogens with two attached hydrogens (primary N) is 1. The highest BCUT2D eigenvalue weighted by molar-refractivity contribution is 6.35. The van der Waals surface area contributed by atoms with Gasteiger partial charge in [0.2, 0.25) is 0 Å². The smallest absolute Gasteiger partial charge is 0.150 e. The molecule has 0 aromatic carbocycles. The largest absolute Gasteiger partial charge is 0.382 e. The molecular weight excluding hydrogens is 304 g/mol. The van der Waals surface area contributed by atoms with Gasteiger partial charge in [0, 0.05) is 37.9 Å². The minimum absolute atomic E-state index is 0.0351. The third kappa shape index (κ3) is 3.15. The van der Waals surface area contributed by atoms with Gasteiger partial charge in [0.1, 0.15) is 23.0 Å². The highest BCUT2D eigenvalue weighted by Gasteiger charge is 2.28. The van der Waals surface area contributed by atoms with Crippen LogP contribution in [-0.2, 0) is 11.8 Å². The van der Waals surface area contributed by atoms with Crippen LogP contribution in [0.1, 0.15) is 24.5 Å². The Bertz CT molecular complexity index is 646. The summed E-state index contributed by atoms with van der Waals surface area (Å²) in [5.74, 6) is 1.16. The molecule has 3 rings (SSSR count). The molecule has 1 fully saturated rings. The molecule has 1 saturated heterocycles. The van der Waals surface area contributed by atoms with Crippen LogP contribution in [0.25, 0.3) is 0 Å². The monoisotopic (exact) mass is 322 g/mol. The molecule has 0 radical (unpaired) electrons. The molecule has 0 aliphatic carbocycles. The summed E-state index contributed by atoms with van der Waals surface area (Å²) in [5, 5.41) is 7.85. The second-order valence-corrected chi connectivity index (χ2v) is 5.82. The number of nitrogens with one attached hydrogen (secondary N) is 1. The number of rotatable bonds is 4. The van der Waals surface area contributed by atoms with Crippen molar-refractivity contribution in [3.05, 3.63) is 29.3 Å². The Balaban J connectivity index is 1.70.